The largest absolute Gasteiger partial charge is 0.418 e. The summed E-state index contributed by atoms with van der Waals surface area (Å²) in [6.07, 6.45) is -2.08. The smallest absolute Gasteiger partial charge is 0.395 e. The fourth-order valence-corrected chi connectivity index (χ4v) is 3.44. The number of alkyl halides is 3. The topological polar surface area (TPSA) is 155 Å². The van der Waals surface area contributed by atoms with Crippen LogP contribution in [-0.2, 0) is 6.18 Å². The van der Waals surface area contributed by atoms with Crippen molar-refractivity contribution in [1.82, 2.24) is 30.5 Å². The van der Waals surface area contributed by atoms with Crippen LogP contribution in [0.4, 0.5) is 24.7 Å². The second-order valence-electron chi connectivity index (χ2n) is 8.51. The van der Waals surface area contributed by atoms with E-state index in [9.17, 15) is 27.9 Å². The maximum absolute atomic E-state index is 13.0. The first-order valence-corrected chi connectivity index (χ1v) is 12.2. The molecular weight excluding hydrogens is 541 g/mol. The predicted molar refractivity (Wildman–Crippen MR) is 146 cm³/mol. The number of aryl methyl sites for hydroxylation is 1. The zero-order valence-corrected chi connectivity index (χ0v) is 22.3. The Morgan fingerprint density at radius 2 is 1.83 bits per heavy atom. The minimum Gasteiger partial charge on any atom is -0.395 e. The summed E-state index contributed by atoms with van der Waals surface area (Å²) in [5.74, 6) is -0.191. The number of rotatable bonds is 8. The SMILES string of the molecule is CNC.Cc1ccc(NC(=O)c2cc(C(F)(F)F)cnn2)cc1-c1cc(NCCO)nc(-c2ccnc(C=O)c2)n1. The second-order valence-corrected chi connectivity index (χ2v) is 8.51. The number of pyridine rings is 1. The zero-order chi connectivity index (χ0) is 30.0. The van der Waals surface area contributed by atoms with Crippen molar-refractivity contribution in [3.63, 3.8) is 0 Å². The number of anilines is 2. The van der Waals surface area contributed by atoms with Gasteiger partial charge in [-0.15, -0.1) is 5.10 Å². The third kappa shape index (κ3) is 8.33. The van der Waals surface area contributed by atoms with Crippen LogP contribution in [0.25, 0.3) is 22.6 Å². The van der Waals surface area contributed by atoms with Crippen molar-refractivity contribution < 1.29 is 27.9 Å². The van der Waals surface area contributed by atoms with Crippen LogP contribution in [0.5, 0.6) is 0 Å². The molecule has 1 aromatic carbocycles. The lowest BCUT2D eigenvalue weighted by atomic mass is 10.0. The Kier molecular flexibility index (Phi) is 10.5. The lowest BCUT2D eigenvalue weighted by Gasteiger charge is -2.13. The van der Waals surface area contributed by atoms with Crippen molar-refractivity contribution in [2.45, 2.75) is 13.1 Å². The van der Waals surface area contributed by atoms with Crippen molar-refractivity contribution >= 4 is 23.7 Å². The Balaban J connectivity index is 0.00000147. The normalized spacial score (nSPS) is 10.8. The molecule has 0 saturated carbocycles. The van der Waals surface area contributed by atoms with Crippen molar-refractivity contribution in [2.75, 3.05) is 37.9 Å². The first kappa shape index (κ1) is 30.7. The number of aliphatic hydroxyl groups is 1. The van der Waals surface area contributed by atoms with E-state index in [0.29, 0.717) is 41.2 Å². The number of aldehydes is 1. The van der Waals surface area contributed by atoms with Crippen molar-refractivity contribution in [3.05, 3.63) is 77.4 Å². The Morgan fingerprint density at radius 3 is 2.51 bits per heavy atom. The summed E-state index contributed by atoms with van der Waals surface area (Å²) >= 11 is 0. The summed E-state index contributed by atoms with van der Waals surface area (Å²) in [6.45, 7) is 1.90. The Bertz CT molecular complexity index is 1520. The Labute approximate surface area is 233 Å². The standard InChI is InChI=1S/C25H20F3N7O3.C2H7N/c1-14-2-3-17(32-24(38)21-9-16(12-31-35-21)25(26,27)28)10-19(14)20-11-22(30-6-7-36)34-23(33-20)15-4-5-29-18(8-15)13-37;1-3-2/h2-5,8-13,36H,6-7H2,1H3,(H,32,38)(H,30,33,34);3H,1-2H3. The van der Waals surface area contributed by atoms with Crippen LogP contribution in [-0.4, -0.2) is 69.7 Å². The summed E-state index contributed by atoms with van der Waals surface area (Å²) in [7, 11) is 3.75. The van der Waals surface area contributed by atoms with Gasteiger partial charge >= 0.3 is 6.18 Å². The molecule has 4 rings (SSSR count). The highest BCUT2D eigenvalue weighted by Gasteiger charge is 2.32. The molecule has 0 atom stereocenters. The van der Waals surface area contributed by atoms with Crippen molar-refractivity contribution in [2.24, 2.45) is 0 Å². The molecule has 0 spiro atoms. The van der Waals surface area contributed by atoms with Gasteiger partial charge in [0.1, 0.15) is 11.5 Å². The number of aromatic nitrogens is 5. The number of carbonyl (C=O) groups is 2. The van der Waals surface area contributed by atoms with Gasteiger partial charge in [0.15, 0.2) is 17.8 Å². The third-order valence-electron chi connectivity index (χ3n) is 5.29. The van der Waals surface area contributed by atoms with Gasteiger partial charge in [-0.05, 0) is 56.9 Å². The number of nitrogens with zero attached hydrogens (tertiary/aromatic N) is 5. The molecule has 4 N–H and O–H groups in total. The highest BCUT2D eigenvalue weighted by atomic mass is 19.4. The van der Waals surface area contributed by atoms with Crippen molar-refractivity contribution in [3.8, 4) is 22.6 Å². The van der Waals surface area contributed by atoms with Gasteiger partial charge in [-0.3, -0.25) is 14.6 Å². The molecule has 0 aliphatic heterocycles. The molecule has 4 aromatic rings. The van der Waals surface area contributed by atoms with Gasteiger partial charge in [-0.2, -0.15) is 18.3 Å². The maximum Gasteiger partial charge on any atom is 0.418 e. The van der Waals surface area contributed by atoms with Crippen LogP contribution in [0.2, 0.25) is 0 Å². The summed E-state index contributed by atoms with van der Waals surface area (Å²) in [6, 6.07) is 10.3. The van der Waals surface area contributed by atoms with E-state index in [2.05, 4.69) is 41.1 Å². The van der Waals surface area contributed by atoms with E-state index in [-0.39, 0.29) is 30.4 Å². The summed E-state index contributed by atoms with van der Waals surface area (Å²) in [5, 5.41) is 24.3. The average Bonchev–Trinajstić information content (AvgIpc) is 2.97. The van der Waals surface area contributed by atoms with Crippen LogP contribution < -0.4 is 16.0 Å². The van der Waals surface area contributed by atoms with E-state index in [4.69, 9.17) is 0 Å². The second kappa shape index (κ2) is 14.0. The summed E-state index contributed by atoms with van der Waals surface area (Å²) < 4.78 is 39.0. The first-order chi connectivity index (χ1) is 19.6. The molecular formula is C27H27F3N8O3. The fourth-order valence-electron chi connectivity index (χ4n) is 3.44. The Hall–Kier alpha value is -4.82. The van der Waals surface area contributed by atoms with Gasteiger partial charge in [0.25, 0.3) is 5.91 Å². The van der Waals surface area contributed by atoms with Crippen LogP contribution in [0.1, 0.15) is 32.1 Å². The number of nitrogens with one attached hydrogen (secondary N) is 3. The fraction of sp³-hybridized carbons (Fsp3) is 0.222. The molecule has 0 radical (unpaired) electrons. The number of benzene rings is 1. The van der Waals surface area contributed by atoms with Crippen LogP contribution in [0.15, 0.2) is 54.9 Å². The lowest BCUT2D eigenvalue weighted by molar-refractivity contribution is -0.137. The van der Waals surface area contributed by atoms with Gasteiger partial charge in [-0.1, -0.05) is 6.07 Å². The van der Waals surface area contributed by atoms with E-state index in [1.54, 1.807) is 30.3 Å². The van der Waals surface area contributed by atoms with Gasteiger partial charge < -0.3 is 21.1 Å². The highest BCUT2D eigenvalue weighted by molar-refractivity contribution is 6.03. The molecule has 3 heterocycles. The van der Waals surface area contributed by atoms with E-state index in [1.807, 2.05) is 21.0 Å². The van der Waals surface area contributed by atoms with E-state index in [0.717, 1.165) is 5.56 Å². The van der Waals surface area contributed by atoms with E-state index >= 15 is 0 Å². The summed E-state index contributed by atoms with van der Waals surface area (Å²) in [4.78, 5) is 36.8. The molecule has 14 heteroatoms. The quantitative estimate of drug-likeness (QED) is 0.232. The number of halogens is 3. The molecule has 11 nitrogen and oxygen atoms in total. The zero-order valence-electron chi connectivity index (χ0n) is 22.3. The van der Waals surface area contributed by atoms with Crippen molar-refractivity contribution in [1.29, 1.82) is 0 Å². The van der Waals surface area contributed by atoms with E-state index in [1.165, 1.54) is 12.3 Å². The third-order valence-corrected chi connectivity index (χ3v) is 5.29. The van der Waals surface area contributed by atoms with Gasteiger partial charge in [0.05, 0.1) is 24.1 Å². The van der Waals surface area contributed by atoms with Crippen LogP contribution >= 0.6 is 0 Å². The number of hydrogen-bond acceptors (Lipinski definition) is 10. The first-order valence-electron chi connectivity index (χ1n) is 12.2. The molecule has 0 aliphatic rings. The highest BCUT2D eigenvalue weighted by Crippen LogP contribution is 2.30. The number of carbonyl (C=O) groups excluding carboxylic acids is 2. The number of hydrogen-bond donors (Lipinski definition) is 4. The van der Waals surface area contributed by atoms with Gasteiger partial charge in [0, 0.05) is 35.6 Å². The summed E-state index contributed by atoms with van der Waals surface area (Å²) in [5.41, 5.74) is 1.25. The lowest BCUT2D eigenvalue weighted by Crippen LogP contribution is -2.16. The maximum atomic E-state index is 13.0. The van der Waals surface area contributed by atoms with Gasteiger partial charge in [-0.25, -0.2) is 9.97 Å². The average molecular weight is 569 g/mol. The Morgan fingerprint density at radius 1 is 1.07 bits per heavy atom. The molecule has 3 aromatic heterocycles. The number of amides is 1. The minimum atomic E-state index is -4.67. The molecule has 0 bridgehead atoms. The van der Waals surface area contributed by atoms with Gasteiger partial charge in [0.2, 0.25) is 0 Å². The van der Waals surface area contributed by atoms with Crippen LogP contribution in [0, 0.1) is 6.92 Å². The predicted octanol–water partition coefficient (Wildman–Crippen LogP) is 3.63. The van der Waals surface area contributed by atoms with E-state index < -0.39 is 23.3 Å². The van der Waals surface area contributed by atoms with Crippen LogP contribution in [0.3, 0.4) is 0 Å². The molecule has 0 saturated heterocycles. The minimum absolute atomic E-state index is 0.141. The molecule has 0 fully saturated rings. The molecule has 214 valence electrons. The molecule has 0 aliphatic carbocycles. The monoisotopic (exact) mass is 568 g/mol. The molecule has 1 amide bonds. The number of aliphatic hydroxyl groups excluding tert-OH is 1. The molecule has 0 unspecified atom stereocenters. The molecule has 41 heavy (non-hydrogen) atoms.